The van der Waals surface area contributed by atoms with E-state index in [4.69, 9.17) is 5.26 Å². The second-order valence-electron chi connectivity index (χ2n) is 4.71. The number of nitrogens with zero attached hydrogens (tertiary/aromatic N) is 3. The zero-order chi connectivity index (χ0) is 12.1. The lowest BCUT2D eigenvalue weighted by Crippen LogP contribution is -2.28. The summed E-state index contributed by atoms with van der Waals surface area (Å²) in [5.74, 6) is 1.28. The average Bonchev–Trinajstić information content (AvgIpc) is 2.40. The van der Waals surface area contributed by atoms with E-state index in [1.807, 2.05) is 6.07 Å². The van der Waals surface area contributed by atoms with Gasteiger partial charge in [0.2, 0.25) is 5.95 Å². The highest BCUT2D eigenvalue weighted by Gasteiger charge is 2.20. The molecule has 1 aliphatic carbocycles. The van der Waals surface area contributed by atoms with Crippen LogP contribution in [0.5, 0.6) is 0 Å². The molecule has 1 unspecified atom stereocenters. The molecule has 0 aromatic carbocycles. The smallest absolute Gasteiger partial charge is 0.224 e. The lowest BCUT2D eigenvalue weighted by molar-refractivity contribution is 0.327. The molecule has 17 heavy (non-hydrogen) atoms. The van der Waals surface area contributed by atoms with Crippen LogP contribution in [0.4, 0.5) is 5.95 Å². The summed E-state index contributed by atoms with van der Waals surface area (Å²) in [5, 5.41) is 12.1. The largest absolute Gasteiger partial charge is 0.351 e. The number of nitriles is 1. The fourth-order valence-corrected chi connectivity index (χ4v) is 2.45. The monoisotopic (exact) mass is 230 g/mol. The maximum atomic E-state index is 8.78. The fourth-order valence-electron chi connectivity index (χ4n) is 2.45. The summed E-state index contributed by atoms with van der Waals surface area (Å²) in [6.45, 7) is 2.18. The SMILES string of the molecule is CC(Nc1nccc(C#N)n1)C1CCCCC1. The highest BCUT2D eigenvalue weighted by Crippen LogP contribution is 2.27. The minimum Gasteiger partial charge on any atom is -0.351 e. The molecule has 1 aliphatic rings. The number of hydrogen-bond acceptors (Lipinski definition) is 4. The first-order valence-electron chi connectivity index (χ1n) is 6.29. The van der Waals surface area contributed by atoms with Crippen LogP contribution in [0.1, 0.15) is 44.7 Å². The van der Waals surface area contributed by atoms with Crippen molar-refractivity contribution in [1.29, 1.82) is 5.26 Å². The van der Waals surface area contributed by atoms with Crippen LogP contribution in [0.25, 0.3) is 0 Å². The molecule has 1 heterocycles. The molecule has 0 amide bonds. The van der Waals surface area contributed by atoms with Crippen molar-refractivity contribution < 1.29 is 0 Å². The van der Waals surface area contributed by atoms with E-state index in [2.05, 4.69) is 22.2 Å². The van der Waals surface area contributed by atoms with Crippen molar-refractivity contribution in [2.45, 2.75) is 45.1 Å². The lowest BCUT2D eigenvalue weighted by Gasteiger charge is -2.28. The Morgan fingerprint density at radius 1 is 1.41 bits per heavy atom. The van der Waals surface area contributed by atoms with Gasteiger partial charge in [0.25, 0.3) is 0 Å². The van der Waals surface area contributed by atoms with Gasteiger partial charge in [-0.05, 0) is 31.7 Å². The molecule has 1 fully saturated rings. The molecule has 90 valence electrons. The van der Waals surface area contributed by atoms with Crippen molar-refractivity contribution in [3.05, 3.63) is 18.0 Å². The Morgan fingerprint density at radius 2 is 2.18 bits per heavy atom. The minimum absolute atomic E-state index is 0.379. The summed E-state index contributed by atoms with van der Waals surface area (Å²) in [4.78, 5) is 8.29. The van der Waals surface area contributed by atoms with Gasteiger partial charge in [0.05, 0.1) is 0 Å². The third-order valence-electron chi connectivity index (χ3n) is 3.48. The van der Waals surface area contributed by atoms with Gasteiger partial charge in [-0.2, -0.15) is 5.26 Å². The quantitative estimate of drug-likeness (QED) is 0.867. The van der Waals surface area contributed by atoms with Crippen molar-refractivity contribution in [3.8, 4) is 6.07 Å². The average molecular weight is 230 g/mol. The van der Waals surface area contributed by atoms with Crippen LogP contribution in [0.15, 0.2) is 12.3 Å². The van der Waals surface area contributed by atoms with Crippen molar-refractivity contribution in [2.75, 3.05) is 5.32 Å². The fraction of sp³-hybridized carbons (Fsp3) is 0.615. The van der Waals surface area contributed by atoms with Gasteiger partial charge in [0, 0.05) is 12.2 Å². The van der Waals surface area contributed by atoms with Gasteiger partial charge >= 0.3 is 0 Å². The highest BCUT2D eigenvalue weighted by atomic mass is 15.1. The topological polar surface area (TPSA) is 61.6 Å². The van der Waals surface area contributed by atoms with Crippen LogP contribution in [-0.4, -0.2) is 16.0 Å². The van der Waals surface area contributed by atoms with Crippen molar-refractivity contribution in [3.63, 3.8) is 0 Å². The van der Waals surface area contributed by atoms with E-state index in [0.29, 0.717) is 23.6 Å². The second kappa shape index (κ2) is 5.62. The highest BCUT2D eigenvalue weighted by molar-refractivity contribution is 5.31. The van der Waals surface area contributed by atoms with Crippen LogP contribution in [-0.2, 0) is 0 Å². The summed E-state index contributed by atoms with van der Waals surface area (Å²) in [6.07, 6.45) is 8.22. The Kier molecular flexibility index (Phi) is 3.92. The molecule has 1 atom stereocenters. The molecule has 1 aromatic heterocycles. The first-order chi connectivity index (χ1) is 8.29. The lowest BCUT2D eigenvalue weighted by atomic mass is 9.85. The number of hydrogen-bond donors (Lipinski definition) is 1. The molecule has 0 bridgehead atoms. The molecule has 0 aliphatic heterocycles. The maximum Gasteiger partial charge on any atom is 0.224 e. The predicted octanol–water partition coefficient (Wildman–Crippen LogP) is 2.73. The van der Waals surface area contributed by atoms with E-state index < -0.39 is 0 Å². The third-order valence-corrected chi connectivity index (χ3v) is 3.48. The Morgan fingerprint density at radius 3 is 2.88 bits per heavy atom. The van der Waals surface area contributed by atoms with Crippen molar-refractivity contribution >= 4 is 5.95 Å². The van der Waals surface area contributed by atoms with Crippen LogP contribution in [0.2, 0.25) is 0 Å². The second-order valence-corrected chi connectivity index (χ2v) is 4.71. The van der Waals surface area contributed by atoms with Crippen molar-refractivity contribution in [1.82, 2.24) is 9.97 Å². The molecule has 1 N–H and O–H groups in total. The number of anilines is 1. The summed E-state index contributed by atoms with van der Waals surface area (Å²) in [5.41, 5.74) is 0.415. The number of rotatable bonds is 3. The molecular weight excluding hydrogens is 212 g/mol. The zero-order valence-corrected chi connectivity index (χ0v) is 10.2. The Balaban J connectivity index is 1.97. The predicted molar refractivity (Wildman–Crippen MR) is 66.4 cm³/mol. The van der Waals surface area contributed by atoms with Gasteiger partial charge in [-0.1, -0.05) is 19.3 Å². The molecule has 1 saturated carbocycles. The van der Waals surface area contributed by atoms with Crippen molar-refractivity contribution in [2.24, 2.45) is 5.92 Å². The Hall–Kier alpha value is -1.63. The van der Waals surface area contributed by atoms with E-state index in [-0.39, 0.29) is 0 Å². The molecule has 2 rings (SSSR count). The third kappa shape index (κ3) is 3.16. The first-order valence-corrected chi connectivity index (χ1v) is 6.29. The molecule has 4 nitrogen and oxygen atoms in total. The standard InChI is InChI=1S/C13H18N4/c1-10(11-5-3-2-4-6-11)16-13-15-8-7-12(9-14)17-13/h7-8,10-11H,2-6H2,1H3,(H,15,16,17). The Bertz CT molecular complexity index is 404. The summed E-state index contributed by atoms with van der Waals surface area (Å²) in [7, 11) is 0. The first kappa shape index (κ1) is 11.8. The van der Waals surface area contributed by atoms with Gasteiger partial charge in [0.1, 0.15) is 11.8 Å². The van der Waals surface area contributed by atoms with Crippen LogP contribution < -0.4 is 5.32 Å². The molecule has 0 spiro atoms. The van der Waals surface area contributed by atoms with E-state index >= 15 is 0 Å². The van der Waals surface area contributed by atoms with Crippen LogP contribution >= 0.6 is 0 Å². The Labute approximate surface area is 102 Å². The van der Waals surface area contributed by atoms with E-state index in [0.717, 1.165) is 0 Å². The van der Waals surface area contributed by atoms with Crippen LogP contribution in [0, 0.1) is 17.2 Å². The molecule has 0 saturated heterocycles. The molecule has 1 aromatic rings. The minimum atomic E-state index is 0.379. The summed E-state index contributed by atoms with van der Waals surface area (Å²) >= 11 is 0. The van der Waals surface area contributed by atoms with Gasteiger partial charge < -0.3 is 5.32 Å². The van der Waals surface area contributed by atoms with Gasteiger partial charge in [0.15, 0.2) is 0 Å². The number of nitrogens with one attached hydrogen (secondary N) is 1. The van der Waals surface area contributed by atoms with Gasteiger partial charge in [-0.3, -0.25) is 0 Å². The van der Waals surface area contributed by atoms with E-state index in [1.165, 1.54) is 32.1 Å². The van der Waals surface area contributed by atoms with Crippen LogP contribution in [0.3, 0.4) is 0 Å². The summed E-state index contributed by atoms with van der Waals surface area (Å²) < 4.78 is 0. The molecular formula is C13H18N4. The maximum absolute atomic E-state index is 8.78. The van der Waals surface area contributed by atoms with Gasteiger partial charge in [-0.25, -0.2) is 9.97 Å². The number of aromatic nitrogens is 2. The van der Waals surface area contributed by atoms with E-state index in [1.54, 1.807) is 12.3 Å². The van der Waals surface area contributed by atoms with E-state index in [9.17, 15) is 0 Å². The molecule has 0 radical (unpaired) electrons. The van der Waals surface area contributed by atoms with Gasteiger partial charge in [-0.15, -0.1) is 0 Å². The normalized spacial score (nSPS) is 18.4. The molecule has 4 heteroatoms. The summed E-state index contributed by atoms with van der Waals surface area (Å²) in [6, 6.07) is 4.03. The zero-order valence-electron chi connectivity index (χ0n) is 10.2.